The van der Waals surface area contributed by atoms with E-state index in [0.29, 0.717) is 0 Å². The Balaban J connectivity index is 1.95. The van der Waals surface area contributed by atoms with Gasteiger partial charge in [0.05, 0.1) is 5.69 Å². The maximum Gasteiger partial charge on any atom is 0.313 e. The Bertz CT molecular complexity index is 522. The minimum absolute atomic E-state index is 0.248. The minimum Gasteiger partial charge on any atom is -0.419 e. The molecule has 1 aromatic heterocycles. The van der Waals surface area contributed by atoms with E-state index in [2.05, 4.69) is 52.6 Å². The molecule has 0 aliphatic carbocycles. The monoisotopic (exact) mass is 206 g/mol. The minimum atomic E-state index is 0.248. The van der Waals surface area contributed by atoms with Gasteiger partial charge >= 0.3 is 6.85 Å². The van der Waals surface area contributed by atoms with Crippen molar-refractivity contribution in [1.82, 2.24) is 4.98 Å². The average Bonchev–Trinajstić information content (AvgIpc) is 2.39. The second-order valence-electron chi connectivity index (χ2n) is 3.83. The van der Waals surface area contributed by atoms with Crippen LogP contribution in [0, 0.1) is 0 Å². The number of anilines is 1. The van der Waals surface area contributed by atoms with Gasteiger partial charge in [-0.25, -0.2) is 0 Å². The van der Waals surface area contributed by atoms with E-state index < -0.39 is 0 Å². The number of pyridine rings is 1. The molecule has 3 heteroatoms. The summed E-state index contributed by atoms with van der Waals surface area (Å²) in [4.78, 5) is 4.30. The zero-order valence-electron chi connectivity index (χ0n) is 8.80. The molecule has 0 unspecified atom stereocenters. The van der Waals surface area contributed by atoms with Crippen LogP contribution in [-0.4, -0.2) is 11.8 Å². The first-order valence-electron chi connectivity index (χ1n) is 5.38. The molecule has 0 saturated carbocycles. The van der Waals surface area contributed by atoms with Gasteiger partial charge in [0.1, 0.15) is 0 Å². The molecule has 2 heterocycles. The Morgan fingerprint density at radius 2 is 1.88 bits per heavy atom. The number of rotatable bonds is 1. The third-order valence-electron chi connectivity index (χ3n) is 2.75. The molecule has 1 N–H and O–H groups in total. The molecule has 76 valence electrons. The van der Waals surface area contributed by atoms with E-state index in [0.717, 1.165) is 11.4 Å². The van der Waals surface area contributed by atoms with E-state index in [4.69, 9.17) is 0 Å². The van der Waals surface area contributed by atoms with Crippen LogP contribution in [0.3, 0.4) is 0 Å². The number of hydrogen-bond donors (Lipinski definition) is 1. The molecule has 1 aliphatic heterocycles. The van der Waals surface area contributed by atoms with Crippen molar-refractivity contribution in [2.75, 3.05) is 5.23 Å². The SMILES string of the molecule is C1=Cc2ncccc2NB1c1ccccc1. The summed E-state index contributed by atoms with van der Waals surface area (Å²) in [6, 6.07) is 14.4. The predicted octanol–water partition coefficient (Wildman–Crippen LogP) is 1.96. The molecule has 0 spiro atoms. The van der Waals surface area contributed by atoms with Crippen molar-refractivity contribution < 1.29 is 0 Å². The van der Waals surface area contributed by atoms with Gasteiger partial charge < -0.3 is 5.23 Å². The normalized spacial score (nSPS) is 13.1. The first kappa shape index (κ1) is 9.22. The van der Waals surface area contributed by atoms with Gasteiger partial charge in [-0.15, -0.1) is 0 Å². The average molecular weight is 206 g/mol. The summed E-state index contributed by atoms with van der Waals surface area (Å²) < 4.78 is 0. The van der Waals surface area contributed by atoms with Crippen LogP contribution in [0.25, 0.3) is 6.08 Å². The number of aromatic nitrogens is 1. The Morgan fingerprint density at radius 3 is 2.75 bits per heavy atom. The summed E-state index contributed by atoms with van der Waals surface area (Å²) in [6.45, 7) is 0.248. The van der Waals surface area contributed by atoms with Gasteiger partial charge in [-0.3, -0.25) is 4.98 Å². The van der Waals surface area contributed by atoms with Gasteiger partial charge in [0.2, 0.25) is 0 Å². The van der Waals surface area contributed by atoms with Crippen molar-refractivity contribution in [3.8, 4) is 0 Å². The molecule has 0 radical (unpaired) electrons. The summed E-state index contributed by atoms with van der Waals surface area (Å²) in [6.07, 6.45) is 3.89. The highest BCUT2D eigenvalue weighted by Gasteiger charge is 2.18. The molecule has 0 atom stereocenters. The van der Waals surface area contributed by atoms with Crippen LogP contribution in [-0.2, 0) is 0 Å². The maximum atomic E-state index is 4.30. The Labute approximate surface area is 95.1 Å². The van der Waals surface area contributed by atoms with Crippen molar-refractivity contribution >= 4 is 24.1 Å². The molecule has 0 fully saturated rings. The van der Waals surface area contributed by atoms with Gasteiger partial charge in [-0.05, 0) is 18.2 Å². The van der Waals surface area contributed by atoms with Crippen molar-refractivity contribution in [3.63, 3.8) is 0 Å². The first-order valence-corrected chi connectivity index (χ1v) is 5.38. The molecule has 1 aromatic carbocycles. The Morgan fingerprint density at radius 1 is 1.00 bits per heavy atom. The van der Waals surface area contributed by atoms with E-state index in [9.17, 15) is 0 Å². The molecule has 0 saturated heterocycles. The van der Waals surface area contributed by atoms with E-state index in [-0.39, 0.29) is 6.85 Å². The molecule has 0 amide bonds. The predicted molar refractivity (Wildman–Crippen MR) is 68.7 cm³/mol. The number of nitrogens with one attached hydrogen (secondary N) is 1. The fraction of sp³-hybridized carbons (Fsp3) is 0. The second kappa shape index (κ2) is 3.85. The highest BCUT2D eigenvalue weighted by Crippen LogP contribution is 2.18. The smallest absolute Gasteiger partial charge is 0.313 e. The second-order valence-corrected chi connectivity index (χ2v) is 3.83. The van der Waals surface area contributed by atoms with Gasteiger partial charge in [-0.1, -0.05) is 41.8 Å². The zero-order chi connectivity index (χ0) is 10.8. The van der Waals surface area contributed by atoms with Gasteiger partial charge in [-0.2, -0.15) is 0 Å². The summed E-state index contributed by atoms with van der Waals surface area (Å²) in [5.41, 5.74) is 3.38. The Hall–Kier alpha value is -2.03. The molecule has 2 aromatic rings. The van der Waals surface area contributed by atoms with Crippen molar-refractivity contribution in [1.29, 1.82) is 0 Å². The quantitative estimate of drug-likeness (QED) is 0.721. The van der Waals surface area contributed by atoms with Gasteiger partial charge in [0.15, 0.2) is 0 Å². The fourth-order valence-electron chi connectivity index (χ4n) is 1.93. The van der Waals surface area contributed by atoms with E-state index in [1.54, 1.807) is 0 Å². The molecule has 2 nitrogen and oxygen atoms in total. The molecule has 3 rings (SSSR count). The Kier molecular flexibility index (Phi) is 2.22. The largest absolute Gasteiger partial charge is 0.419 e. The lowest BCUT2D eigenvalue weighted by Gasteiger charge is -2.18. The summed E-state index contributed by atoms with van der Waals surface area (Å²) >= 11 is 0. The van der Waals surface area contributed by atoms with Crippen molar-refractivity contribution in [2.24, 2.45) is 0 Å². The van der Waals surface area contributed by atoms with Crippen molar-refractivity contribution in [2.45, 2.75) is 0 Å². The fourth-order valence-corrected chi connectivity index (χ4v) is 1.93. The third kappa shape index (κ3) is 1.61. The lowest BCUT2D eigenvalue weighted by molar-refractivity contribution is 1.29. The first-order chi connectivity index (χ1) is 7.93. The zero-order valence-corrected chi connectivity index (χ0v) is 8.80. The van der Waals surface area contributed by atoms with Gasteiger partial charge in [0.25, 0.3) is 0 Å². The molecule has 16 heavy (non-hydrogen) atoms. The molecule has 0 bridgehead atoms. The standard InChI is InChI=1S/C13H11BN2/c1-2-5-11(6-3-1)14-9-8-12-13(16-14)7-4-10-15-12/h1-10,16H. The van der Waals surface area contributed by atoms with E-state index >= 15 is 0 Å². The van der Waals surface area contributed by atoms with Crippen LogP contribution >= 0.6 is 0 Å². The number of fused-ring (bicyclic) bond motifs is 1. The van der Waals surface area contributed by atoms with E-state index in [1.807, 2.05) is 18.3 Å². The van der Waals surface area contributed by atoms with Crippen LogP contribution in [0.15, 0.2) is 54.6 Å². The summed E-state index contributed by atoms with van der Waals surface area (Å²) in [7, 11) is 0. The summed E-state index contributed by atoms with van der Waals surface area (Å²) in [5, 5.41) is 3.46. The van der Waals surface area contributed by atoms with Crippen LogP contribution < -0.4 is 10.7 Å². The summed E-state index contributed by atoms with van der Waals surface area (Å²) in [5.74, 6) is 2.14. The maximum absolute atomic E-state index is 4.30. The number of benzene rings is 1. The third-order valence-corrected chi connectivity index (χ3v) is 2.75. The van der Waals surface area contributed by atoms with Gasteiger partial charge in [0, 0.05) is 11.9 Å². The lowest BCUT2D eigenvalue weighted by Crippen LogP contribution is -2.38. The van der Waals surface area contributed by atoms with Crippen LogP contribution in [0.2, 0.25) is 0 Å². The van der Waals surface area contributed by atoms with Crippen LogP contribution in [0.4, 0.5) is 5.69 Å². The molecule has 1 aliphatic rings. The number of nitrogens with zero attached hydrogens (tertiary/aromatic N) is 1. The highest BCUT2D eigenvalue weighted by molar-refractivity contribution is 6.81. The number of hydrogen-bond acceptors (Lipinski definition) is 2. The van der Waals surface area contributed by atoms with Crippen LogP contribution in [0.5, 0.6) is 0 Å². The van der Waals surface area contributed by atoms with Crippen LogP contribution in [0.1, 0.15) is 5.69 Å². The highest BCUT2D eigenvalue weighted by atomic mass is 14.8. The molecular weight excluding hydrogens is 195 g/mol. The van der Waals surface area contributed by atoms with E-state index in [1.165, 1.54) is 5.46 Å². The lowest BCUT2D eigenvalue weighted by atomic mass is 9.54. The molecular formula is C13H11BN2. The van der Waals surface area contributed by atoms with Crippen molar-refractivity contribution in [3.05, 3.63) is 60.3 Å². The topological polar surface area (TPSA) is 24.9 Å².